The molecule has 0 radical (unpaired) electrons. The fourth-order valence-electron chi connectivity index (χ4n) is 11.2. The number of amides is 1. The Balaban J connectivity index is 1.92. The molecule has 0 aromatic rings. The van der Waals surface area contributed by atoms with E-state index in [0.29, 0.717) is 19.4 Å². The topological polar surface area (TPSA) is 175 Å². The Labute approximate surface area is 522 Å². The van der Waals surface area contributed by atoms with E-state index in [1.54, 1.807) is 6.08 Å². The van der Waals surface area contributed by atoms with E-state index in [2.05, 4.69) is 67.8 Å². The van der Waals surface area contributed by atoms with Crippen LogP contribution in [-0.4, -0.2) is 100 Å². The fourth-order valence-corrected chi connectivity index (χ4v) is 11.2. The lowest BCUT2D eigenvalue weighted by molar-refractivity contribution is -0.302. The summed E-state index contributed by atoms with van der Waals surface area (Å²) in [7, 11) is 0. The number of ether oxygens (including phenoxy) is 3. The van der Waals surface area contributed by atoms with Gasteiger partial charge < -0.3 is 45.1 Å². The van der Waals surface area contributed by atoms with Crippen LogP contribution in [0.15, 0.2) is 60.8 Å². The second-order valence-corrected chi connectivity index (χ2v) is 24.9. The highest BCUT2D eigenvalue weighted by atomic mass is 16.7. The zero-order chi connectivity index (χ0) is 61.6. The summed E-state index contributed by atoms with van der Waals surface area (Å²) in [6, 6.07) is -0.833. The summed E-state index contributed by atoms with van der Waals surface area (Å²) >= 11 is 0. The van der Waals surface area contributed by atoms with Crippen molar-refractivity contribution in [2.24, 2.45) is 0 Å². The second-order valence-electron chi connectivity index (χ2n) is 24.9. The first-order valence-corrected chi connectivity index (χ1v) is 36.1. The van der Waals surface area contributed by atoms with Gasteiger partial charge in [0.05, 0.1) is 32.0 Å². The number of nitrogens with one attached hydrogen (secondary N) is 1. The number of hydrogen-bond donors (Lipinski definition) is 6. The Kier molecular flexibility index (Phi) is 59.5. The van der Waals surface area contributed by atoms with Gasteiger partial charge in [-0.3, -0.25) is 9.59 Å². The van der Waals surface area contributed by atoms with Gasteiger partial charge in [-0.25, -0.2) is 0 Å². The third-order valence-electron chi connectivity index (χ3n) is 16.8. The molecule has 6 N–H and O–H groups in total. The Morgan fingerprint density at radius 2 is 0.835 bits per heavy atom. The molecule has 11 nitrogen and oxygen atoms in total. The van der Waals surface area contributed by atoms with Crippen molar-refractivity contribution in [3.8, 4) is 0 Å². The van der Waals surface area contributed by atoms with Crippen LogP contribution in [0.3, 0.4) is 0 Å². The quantitative estimate of drug-likeness (QED) is 0.0195. The van der Waals surface area contributed by atoms with Crippen molar-refractivity contribution in [3.05, 3.63) is 60.8 Å². The maximum atomic E-state index is 13.0. The summed E-state index contributed by atoms with van der Waals surface area (Å²) in [5.74, 6) is -0.186. The zero-order valence-electron chi connectivity index (χ0n) is 55.1. The van der Waals surface area contributed by atoms with Gasteiger partial charge in [0.15, 0.2) is 6.29 Å². The Morgan fingerprint density at radius 3 is 1.28 bits per heavy atom. The molecule has 11 heteroatoms. The minimum Gasteiger partial charge on any atom is -0.466 e. The molecular formula is C74H135NO10. The number of unbranched alkanes of at least 4 members (excludes halogenated alkanes) is 41. The van der Waals surface area contributed by atoms with E-state index in [1.165, 1.54) is 238 Å². The van der Waals surface area contributed by atoms with Crippen molar-refractivity contribution in [3.63, 3.8) is 0 Å². The smallest absolute Gasteiger partial charge is 0.305 e. The van der Waals surface area contributed by atoms with Gasteiger partial charge in [0.25, 0.3) is 0 Å². The van der Waals surface area contributed by atoms with Gasteiger partial charge in [-0.05, 0) is 83.5 Å². The van der Waals surface area contributed by atoms with Crippen LogP contribution in [0.25, 0.3) is 0 Å². The van der Waals surface area contributed by atoms with E-state index < -0.39 is 49.5 Å². The van der Waals surface area contributed by atoms with Gasteiger partial charge in [-0.2, -0.15) is 0 Å². The molecule has 496 valence electrons. The molecule has 1 amide bonds. The minimum atomic E-state index is -1.58. The fraction of sp³-hybridized carbons (Fsp3) is 0.838. The maximum Gasteiger partial charge on any atom is 0.305 e. The van der Waals surface area contributed by atoms with Crippen LogP contribution in [0.2, 0.25) is 0 Å². The summed E-state index contributed by atoms with van der Waals surface area (Å²) in [5, 5.41) is 54.3. The van der Waals surface area contributed by atoms with Gasteiger partial charge in [0, 0.05) is 12.8 Å². The van der Waals surface area contributed by atoms with E-state index in [0.717, 1.165) is 70.6 Å². The number of allylic oxidation sites excluding steroid dienone is 9. The highest BCUT2D eigenvalue weighted by Gasteiger charge is 2.44. The zero-order valence-corrected chi connectivity index (χ0v) is 55.1. The normalized spacial score (nSPS) is 18.3. The SMILES string of the molecule is CC/C=C/CC/C=C/CC/C=C/C(O)C(COC1OC(CO)C(O)C(O)C1O)NC(=O)CCCCCCCCCCCCCCCCCCC/C=C\C/C=C\CCCCCCCCCCCCCOC(=O)CCCCCCCCCCCCCC. The largest absolute Gasteiger partial charge is 0.466 e. The van der Waals surface area contributed by atoms with E-state index in [-0.39, 0.29) is 18.5 Å². The lowest BCUT2D eigenvalue weighted by Crippen LogP contribution is -2.60. The monoisotopic (exact) mass is 1200 g/mol. The molecule has 1 rings (SSSR count). The lowest BCUT2D eigenvalue weighted by atomic mass is 9.99. The number of aliphatic hydroxyl groups excluding tert-OH is 5. The van der Waals surface area contributed by atoms with Crippen LogP contribution in [-0.2, 0) is 23.8 Å². The molecule has 0 spiro atoms. The van der Waals surface area contributed by atoms with E-state index >= 15 is 0 Å². The van der Waals surface area contributed by atoms with Crippen LogP contribution < -0.4 is 5.32 Å². The van der Waals surface area contributed by atoms with Crippen molar-refractivity contribution in [2.75, 3.05) is 19.8 Å². The summed E-state index contributed by atoms with van der Waals surface area (Å²) < 4.78 is 16.7. The Bertz CT molecular complexity index is 1600. The Morgan fingerprint density at radius 1 is 0.447 bits per heavy atom. The molecule has 85 heavy (non-hydrogen) atoms. The van der Waals surface area contributed by atoms with Gasteiger partial charge in [0.1, 0.15) is 24.4 Å². The molecule has 1 fully saturated rings. The van der Waals surface area contributed by atoms with Crippen molar-refractivity contribution in [2.45, 2.75) is 378 Å². The van der Waals surface area contributed by atoms with Gasteiger partial charge in [-0.1, -0.05) is 299 Å². The summed E-state index contributed by atoms with van der Waals surface area (Å²) in [6.07, 6.45) is 73.9. The second kappa shape index (κ2) is 62.9. The standard InChI is InChI=1S/C74H135NO10/c1-3-5-7-9-11-13-15-42-46-50-54-58-62-70(79)83-63-59-55-51-47-43-40-38-36-34-32-30-28-26-24-22-20-18-16-17-19-21-23-25-27-29-31-33-35-37-39-41-45-49-53-57-61-69(78)75-66(65-84-74-73(82)72(81)71(80)68(64-76)85-74)67(77)60-56-52-48-44-14-12-10-8-6-4-2/h6,8,14,18,20,24,26,44,56,60,66-68,71-74,76-77,80-82H,3-5,7,9-13,15-17,19,21-23,25,27-43,45-55,57-59,61-65H2,1-2H3,(H,75,78)/b8-6+,20-18-,26-24-,44-14+,60-56+. The molecule has 0 aliphatic carbocycles. The average molecular weight is 1200 g/mol. The van der Waals surface area contributed by atoms with Crippen LogP contribution in [0.5, 0.6) is 0 Å². The van der Waals surface area contributed by atoms with Crippen molar-refractivity contribution >= 4 is 11.9 Å². The number of carbonyl (C=O) groups is 2. The van der Waals surface area contributed by atoms with Crippen molar-refractivity contribution in [1.82, 2.24) is 5.32 Å². The predicted octanol–water partition coefficient (Wildman–Crippen LogP) is 18.5. The predicted molar refractivity (Wildman–Crippen MR) is 357 cm³/mol. The third-order valence-corrected chi connectivity index (χ3v) is 16.8. The highest BCUT2D eigenvalue weighted by Crippen LogP contribution is 2.23. The molecule has 1 aliphatic rings. The summed E-state index contributed by atoms with van der Waals surface area (Å²) in [6.45, 7) is 4.22. The Hall–Kier alpha value is -2.64. The number of rotatable bonds is 63. The molecule has 0 bridgehead atoms. The van der Waals surface area contributed by atoms with Gasteiger partial charge in [-0.15, -0.1) is 0 Å². The van der Waals surface area contributed by atoms with Crippen LogP contribution in [0.1, 0.15) is 335 Å². The van der Waals surface area contributed by atoms with Crippen LogP contribution in [0, 0.1) is 0 Å². The molecule has 0 aromatic heterocycles. The van der Waals surface area contributed by atoms with Gasteiger partial charge in [0.2, 0.25) is 5.91 Å². The molecule has 1 heterocycles. The first-order valence-electron chi connectivity index (χ1n) is 36.1. The van der Waals surface area contributed by atoms with Crippen molar-refractivity contribution < 1.29 is 49.3 Å². The molecule has 1 aliphatic heterocycles. The van der Waals surface area contributed by atoms with Crippen LogP contribution in [0.4, 0.5) is 0 Å². The molecule has 0 saturated carbocycles. The van der Waals surface area contributed by atoms with Crippen LogP contribution >= 0.6 is 0 Å². The lowest BCUT2D eigenvalue weighted by Gasteiger charge is -2.40. The molecule has 7 atom stereocenters. The number of esters is 1. The van der Waals surface area contributed by atoms with Crippen molar-refractivity contribution in [1.29, 1.82) is 0 Å². The molecular weight excluding hydrogens is 1060 g/mol. The first-order chi connectivity index (χ1) is 41.7. The highest BCUT2D eigenvalue weighted by molar-refractivity contribution is 5.76. The third kappa shape index (κ3) is 51.9. The van der Waals surface area contributed by atoms with E-state index in [4.69, 9.17) is 14.2 Å². The van der Waals surface area contributed by atoms with E-state index in [9.17, 15) is 35.1 Å². The minimum absolute atomic E-state index is 0.0103. The summed E-state index contributed by atoms with van der Waals surface area (Å²) in [5.41, 5.74) is 0. The van der Waals surface area contributed by atoms with E-state index in [1.807, 2.05) is 6.08 Å². The summed E-state index contributed by atoms with van der Waals surface area (Å²) in [4.78, 5) is 25.1. The number of hydrogen-bond acceptors (Lipinski definition) is 10. The molecule has 7 unspecified atom stereocenters. The number of carbonyl (C=O) groups excluding carboxylic acids is 2. The molecule has 1 saturated heterocycles. The average Bonchev–Trinajstić information content (AvgIpc) is 3.31. The molecule has 0 aromatic carbocycles. The maximum absolute atomic E-state index is 13.0. The number of aliphatic hydroxyl groups is 5. The van der Waals surface area contributed by atoms with Gasteiger partial charge >= 0.3 is 5.97 Å². The first kappa shape index (κ1) is 80.4.